The molecule has 0 rings (SSSR count). The number of carboxylic acid groups (broad SMARTS) is 1. The Morgan fingerprint density at radius 2 is 2.13 bits per heavy atom. The molecule has 0 aliphatic rings. The predicted molar refractivity (Wildman–Crippen MR) is 55.5 cm³/mol. The Hall–Kier alpha value is -1.10. The van der Waals surface area contributed by atoms with Gasteiger partial charge in [0.1, 0.15) is 0 Å². The van der Waals surface area contributed by atoms with Crippen LogP contribution in [0.5, 0.6) is 0 Å². The lowest BCUT2D eigenvalue weighted by molar-refractivity contribution is -0.138. The Kier molecular flexibility index (Phi) is 7.62. The van der Waals surface area contributed by atoms with Crippen molar-refractivity contribution in [2.24, 2.45) is 5.92 Å². The van der Waals surface area contributed by atoms with Gasteiger partial charge in [-0.2, -0.15) is 0 Å². The van der Waals surface area contributed by atoms with Crippen LogP contribution in [0.25, 0.3) is 0 Å². The summed E-state index contributed by atoms with van der Waals surface area (Å²) in [6, 6.07) is 0. The number of methoxy groups -OCH3 is 1. The fraction of sp³-hybridized carbons (Fsp3) is 0.800. The molecule has 0 fully saturated rings. The fourth-order valence-corrected chi connectivity index (χ4v) is 1.12. The highest BCUT2D eigenvalue weighted by Crippen LogP contribution is 1.99. The number of rotatable bonds is 8. The summed E-state index contributed by atoms with van der Waals surface area (Å²) >= 11 is 0. The van der Waals surface area contributed by atoms with Gasteiger partial charge in [0.15, 0.2) is 0 Å². The first-order valence-electron chi connectivity index (χ1n) is 5.03. The monoisotopic (exact) mass is 217 g/mol. The molecule has 0 aromatic carbocycles. The van der Waals surface area contributed by atoms with Gasteiger partial charge in [0.25, 0.3) is 0 Å². The molecule has 0 radical (unpaired) electrons. The number of amides is 1. The summed E-state index contributed by atoms with van der Waals surface area (Å²) in [5.74, 6) is -0.922. The third-order valence-electron chi connectivity index (χ3n) is 1.92. The van der Waals surface area contributed by atoms with Crippen molar-refractivity contribution in [1.82, 2.24) is 5.32 Å². The minimum Gasteiger partial charge on any atom is -0.481 e. The molecule has 5 nitrogen and oxygen atoms in total. The highest BCUT2D eigenvalue weighted by atomic mass is 16.5. The molecule has 1 atom stereocenters. The van der Waals surface area contributed by atoms with E-state index in [1.165, 1.54) is 0 Å². The Bertz CT molecular complexity index is 206. The molecular formula is C10H19NO4. The number of carboxylic acids is 1. The van der Waals surface area contributed by atoms with Crippen LogP contribution in [0.4, 0.5) is 0 Å². The minimum atomic E-state index is -0.837. The molecule has 1 amide bonds. The highest BCUT2D eigenvalue weighted by molar-refractivity contribution is 5.75. The van der Waals surface area contributed by atoms with E-state index < -0.39 is 5.97 Å². The van der Waals surface area contributed by atoms with Gasteiger partial charge in [0.05, 0.1) is 0 Å². The summed E-state index contributed by atoms with van der Waals surface area (Å²) in [5, 5.41) is 11.2. The zero-order chi connectivity index (χ0) is 11.7. The lowest BCUT2D eigenvalue weighted by Gasteiger charge is -2.09. The molecule has 0 saturated heterocycles. The highest BCUT2D eigenvalue weighted by Gasteiger charge is 2.08. The van der Waals surface area contributed by atoms with Crippen molar-refractivity contribution in [2.45, 2.75) is 26.2 Å². The normalized spacial score (nSPS) is 12.1. The molecule has 0 aromatic rings. The number of carbonyl (C=O) groups is 2. The molecule has 88 valence electrons. The van der Waals surface area contributed by atoms with E-state index in [-0.39, 0.29) is 18.2 Å². The van der Waals surface area contributed by atoms with E-state index in [0.717, 1.165) is 0 Å². The molecule has 0 saturated carbocycles. The summed E-state index contributed by atoms with van der Waals surface area (Å²) in [5.41, 5.74) is 0. The number of hydrogen-bond donors (Lipinski definition) is 2. The van der Waals surface area contributed by atoms with Gasteiger partial charge in [0.2, 0.25) is 5.91 Å². The van der Waals surface area contributed by atoms with Crippen LogP contribution >= 0.6 is 0 Å². The van der Waals surface area contributed by atoms with E-state index >= 15 is 0 Å². The summed E-state index contributed by atoms with van der Waals surface area (Å²) in [4.78, 5) is 21.5. The standard InChI is InChI=1S/C10H19NO4/c1-8(6-10(13)14)7-11-9(12)4-3-5-15-2/h8H,3-7H2,1-2H3,(H,11,12)(H,13,14). The third-order valence-corrected chi connectivity index (χ3v) is 1.92. The predicted octanol–water partition coefficient (Wildman–Crippen LogP) is 0.640. The van der Waals surface area contributed by atoms with Gasteiger partial charge in [-0.05, 0) is 12.3 Å². The Morgan fingerprint density at radius 3 is 2.67 bits per heavy atom. The maximum absolute atomic E-state index is 11.2. The molecule has 0 aromatic heterocycles. The summed E-state index contributed by atoms with van der Waals surface area (Å²) in [7, 11) is 1.59. The van der Waals surface area contributed by atoms with Crippen LogP contribution in [0, 0.1) is 5.92 Å². The van der Waals surface area contributed by atoms with E-state index in [0.29, 0.717) is 26.0 Å². The van der Waals surface area contributed by atoms with Gasteiger partial charge < -0.3 is 15.2 Å². The number of hydrogen-bond acceptors (Lipinski definition) is 3. The van der Waals surface area contributed by atoms with Gasteiger partial charge >= 0.3 is 5.97 Å². The summed E-state index contributed by atoms with van der Waals surface area (Å²) in [6.45, 7) is 2.78. The molecule has 15 heavy (non-hydrogen) atoms. The Labute approximate surface area is 89.8 Å². The zero-order valence-electron chi connectivity index (χ0n) is 9.28. The van der Waals surface area contributed by atoms with E-state index in [1.54, 1.807) is 14.0 Å². The molecule has 0 aliphatic carbocycles. The average molecular weight is 217 g/mol. The van der Waals surface area contributed by atoms with Crippen molar-refractivity contribution >= 4 is 11.9 Å². The number of carbonyl (C=O) groups excluding carboxylic acids is 1. The van der Waals surface area contributed by atoms with Crippen LogP contribution in [0.3, 0.4) is 0 Å². The Morgan fingerprint density at radius 1 is 1.47 bits per heavy atom. The van der Waals surface area contributed by atoms with E-state index in [9.17, 15) is 9.59 Å². The first-order chi connectivity index (χ1) is 7.06. The van der Waals surface area contributed by atoms with Crippen LogP contribution in [0.2, 0.25) is 0 Å². The second-order valence-corrected chi connectivity index (χ2v) is 3.60. The van der Waals surface area contributed by atoms with Crippen molar-refractivity contribution < 1.29 is 19.4 Å². The maximum atomic E-state index is 11.2. The number of aliphatic carboxylic acids is 1. The van der Waals surface area contributed by atoms with Crippen LogP contribution in [0.15, 0.2) is 0 Å². The minimum absolute atomic E-state index is 0.0334. The second kappa shape index (κ2) is 8.23. The second-order valence-electron chi connectivity index (χ2n) is 3.60. The van der Waals surface area contributed by atoms with Crippen molar-refractivity contribution in [2.75, 3.05) is 20.3 Å². The SMILES string of the molecule is COCCCC(=O)NCC(C)CC(=O)O. The molecule has 0 spiro atoms. The van der Waals surface area contributed by atoms with Gasteiger partial charge in [-0.3, -0.25) is 9.59 Å². The van der Waals surface area contributed by atoms with Crippen molar-refractivity contribution in [3.05, 3.63) is 0 Å². The lowest BCUT2D eigenvalue weighted by Crippen LogP contribution is -2.29. The van der Waals surface area contributed by atoms with Gasteiger partial charge in [-0.1, -0.05) is 6.92 Å². The summed E-state index contributed by atoms with van der Waals surface area (Å²) in [6.07, 6.45) is 1.20. The van der Waals surface area contributed by atoms with Crippen LogP contribution in [-0.4, -0.2) is 37.2 Å². The fourth-order valence-electron chi connectivity index (χ4n) is 1.12. The first kappa shape index (κ1) is 13.9. The van der Waals surface area contributed by atoms with Gasteiger partial charge in [0, 0.05) is 33.1 Å². The maximum Gasteiger partial charge on any atom is 0.303 e. The molecule has 5 heteroatoms. The Balaban J connectivity index is 3.48. The van der Waals surface area contributed by atoms with E-state index in [2.05, 4.69) is 5.32 Å². The molecule has 0 aliphatic heterocycles. The van der Waals surface area contributed by atoms with Gasteiger partial charge in [-0.15, -0.1) is 0 Å². The van der Waals surface area contributed by atoms with Gasteiger partial charge in [-0.25, -0.2) is 0 Å². The number of ether oxygens (including phenoxy) is 1. The van der Waals surface area contributed by atoms with E-state index in [1.807, 2.05) is 0 Å². The topological polar surface area (TPSA) is 75.6 Å². The molecule has 0 heterocycles. The van der Waals surface area contributed by atoms with Crippen molar-refractivity contribution in [1.29, 1.82) is 0 Å². The smallest absolute Gasteiger partial charge is 0.303 e. The molecule has 2 N–H and O–H groups in total. The van der Waals surface area contributed by atoms with Crippen LogP contribution in [-0.2, 0) is 14.3 Å². The molecule has 0 bridgehead atoms. The van der Waals surface area contributed by atoms with Crippen LogP contribution < -0.4 is 5.32 Å². The average Bonchev–Trinajstić information content (AvgIpc) is 2.14. The number of nitrogens with one attached hydrogen (secondary N) is 1. The summed E-state index contributed by atoms with van der Waals surface area (Å²) < 4.78 is 4.81. The van der Waals surface area contributed by atoms with Crippen molar-refractivity contribution in [3.63, 3.8) is 0 Å². The quantitative estimate of drug-likeness (QED) is 0.585. The largest absolute Gasteiger partial charge is 0.481 e. The lowest BCUT2D eigenvalue weighted by atomic mass is 10.1. The molecule has 1 unspecified atom stereocenters. The van der Waals surface area contributed by atoms with Crippen LogP contribution in [0.1, 0.15) is 26.2 Å². The third kappa shape index (κ3) is 9.21. The first-order valence-corrected chi connectivity index (χ1v) is 5.03. The van der Waals surface area contributed by atoms with E-state index in [4.69, 9.17) is 9.84 Å². The molecular weight excluding hydrogens is 198 g/mol. The zero-order valence-corrected chi connectivity index (χ0v) is 9.28. The van der Waals surface area contributed by atoms with Crippen molar-refractivity contribution in [3.8, 4) is 0 Å².